The molecule has 1 amide bonds. The summed E-state index contributed by atoms with van der Waals surface area (Å²) in [5, 5.41) is 0. The molecule has 1 aliphatic carbocycles. The van der Waals surface area contributed by atoms with Crippen LogP contribution in [0.5, 0.6) is 0 Å². The molecule has 4 heteroatoms. The summed E-state index contributed by atoms with van der Waals surface area (Å²) in [6, 6.07) is 12.7. The van der Waals surface area contributed by atoms with Gasteiger partial charge in [-0.05, 0) is 36.6 Å². The summed E-state index contributed by atoms with van der Waals surface area (Å²) in [6.07, 6.45) is 2.04. The molecule has 0 N–H and O–H groups in total. The zero-order chi connectivity index (χ0) is 15.5. The molecule has 0 atom stereocenters. The van der Waals surface area contributed by atoms with E-state index in [1.165, 1.54) is 18.2 Å². The summed E-state index contributed by atoms with van der Waals surface area (Å²) >= 11 is 0. The van der Waals surface area contributed by atoms with Gasteiger partial charge in [0.2, 0.25) is 5.91 Å². The van der Waals surface area contributed by atoms with E-state index in [0.717, 1.165) is 12.8 Å². The van der Waals surface area contributed by atoms with E-state index in [2.05, 4.69) is 0 Å². The highest BCUT2D eigenvalue weighted by Crippen LogP contribution is 2.29. The maximum Gasteiger partial charge on any atom is 0.227 e. The largest absolute Gasteiger partial charge is 0.335 e. The first-order chi connectivity index (χ1) is 10.6. The maximum atomic E-state index is 13.8. The Morgan fingerprint density at radius 3 is 2.55 bits per heavy atom. The second kappa shape index (κ2) is 6.26. The van der Waals surface area contributed by atoms with Crippen LogP contribution < -0.4 is 0 Å². The Balaban J connectivity index is 1.74. The molecule has 0 saturated heterocycles. The summed E-state index contributed by atoms with van der Waals surface area (Å²) in [6.45, 7) is 0.269. The molecule has 3 rings (SSSR count). The van der Waals surface area contributed by atoms with Crippen molar-refractivity contribution in [3.8, 4) is 0 Å². The van der Waals surface area contributed by atoms with Crippen molar-refractivity contribution in [2.45, 2.75) is 31.8 Å². The van der Waals surface area contributed by atoms with Gasteiger partial charge in [-0.1, -0.05) is 30.3 Å². The molecule has 0 aromatic heterocycles. The van der Waals surface area contributed by atoms with Crippen molar-refractivity contribution in [3.63, 3.8) is 0 Å². The Morgan fingerprint density at radius 2 is 1.86 bits per heavy atom. The van der Waals surface area contributed by atoms with Crippen molar-refractivity contribution < 1.29 is 13.6 Å². The zero-order valence-electron chi connectivity index (χ0n) is 12.1. The molecule has 2 nitrogen and oxygen atoms in total. The van der Waals surface area contributed by atoms with Crippen molar-refractivity contribution >= 4 is 5.91 Å². The van der Waals surface area contributed by atoms with E-state index in [4.69, 9.17) is 0 Å². The fraction of sp³-hybridized carbons (Fsp3) is 0.278. The van der Waals surface area contributed by atoms with Gasteiger partial charge in [0.1, 0.15) is 11.6 Å². The second-order valence-electron chi connectivity index (χ2n) is 5.65. The minimum Gasteiger partial charge on any atom is -0.335 e. The van der Waals surface area contributed by atoms with Crippen LogP contribution in [0, 0.1) is 11.6 Å². The van der Waals surface area contributed by atoms with Crippen LogP contribution >= 0.6 is 0 Å². The summed E-state index contributed by atoms with van der Waals surface area (Å²) in [4.78, 5) is 14.2. The highest BCUT2D eigenvalue weighted by Gasteiger charge is 2.32. The molecular weight excluding hydrogens is 284 g/mol. The van der Waals surface area contributed by atoms with Crippen LogP contribution in [-0.2, 0) is 17.8 Å². The van der Waals surface area contributed by atoms with Crippen molar-refractivity contribution in [3.05, 3.63) is 71.3 Å². The molecule has 1 saturated carbocycles. The van der Waals surface area contributed by atoms with Gasteiger partial charge in [0.05, 0.1) is 6.42 Å². The Morgan fingerprint density at radius 1 is 1.09 bits per heavy atom. The lowest BCUT2D eigenvalue weighted by Gasteiger charge is -2.23. The minimum absolute atomic E-state index is 0.0867. The molecule has 0 radical (unpaired) electrons. The molecular formula is C18H17F2NO. The zero-order valence-corrected chi connectivity index (χ0v) is 12.1. The molecule has 114 valence electrons. The summed E-state index contributed by atoms with van der Waals surface area (Å²) in [5.41, 5.74) is 1.16. The van der Waals surface area contributed by atoms with E-state index in [1.807, 2.05) is 0 Å². The normalized spacial score (nSPS) is 13.9. The predicted molar refractivity (Wildman–Crippen MR) is 80.1 cm³/mol. The van der Waals surface area contributed by atoms with Gasteiger partial charge in [-0.15, -0.1) is 0 Å². The lowest BCUT2D eigenvalue weighted by Crippen LogP contribution is -2.34. The molecule has 0 heterocycles. The molecule has 0 unspecified atom stereocenters. The van der Waals surface area contributed by atoms with Gasteiger partial charge in [0, 0.05) is 18.2 Å². The first-order valence-electron chi connectivity index (χ1n) is 7.41. The Bertz CT molecular complexity index is 682. The first kappa shape index (κ1) is 14.7. The lowest BCUT2D eigenvalue weighted by atomic mass is 10.1. The van der Waals surface area contributed by atoms with E-state index < -0.39 is 0 Å². The summed E-state index contributed by atoms with van der Waals surface area (Å²) in [7, 11) is 0. The second-order valence-corrected chi connectivity index (χ2v) is 5.65. The third kappa shape index (κ3) is 3.50. The van der Waals surface area contributed by atoms with Gasteiger partial charge >= 0.3 is 0 Å². The fourth-order valence-electron chi connectivity index (χ4n) is 2.54. The number of nitrogens with zero attached hydrogens (tertiary/aromatic N) is 1. The van der Waals surface area contributed by atoms with Crippen LogP contribution in [0.1, 0.15) is 24.0 Å². The number of carbonyl (C=O) groups is 1. The summed E-state index contributed by atoms with van der Waals surface area (Å²) < 4.78 is 27.0. The molecule has 0 aliphatic heterocycles. The first-order valence-corrected chi connectivity index (χ1v) is 7.41. The number of hydrogen-bond donors (Lipinski definition) is 0. The van der Waals surface area contributed by atoms with Crippen LogP contribution in [0.15, 0.2) is 48.5 Å². The number of amides is 1. The topological polar surface area (TPSA) is 20.3 Å². The highest BCUT2D eigenvalue weighted by atomic mass is 19.1. The molecule has 2 aromatic rings. The third-order valence-electron chi connectivity index (χ3n) is 3.85. The quantitative estimate of drug-likeness (QED) is 0.824. The smallest absolute Gasteiger partial charge is 0.227 e. The fourth-order valence-corrected chi connectivity index (χ4v) is 2.54. The van der Waals surface area contributed by atoms with Gasteiger partial charge in [-0.3, -0.25) is 4.79 Å². The van der Waals surface area contributed by atoms with E-state index >= 15 is 0 Å². The molecule has 2 aromatic carbocycles. The van der Waals surface area contributed by atoms with Crippen LogP contribution in [0.3, 0.4) is 0 Å². The monoisotopic (exact) mass is 301 g/mol. The maximum absolute atomic E-state index is 13.8. The van der Waals surface area contributed by atoms with E-state index in [9.17, 15) is 13.6 Å². The van der Waals surface area contributed by atoms with Crippen molar-refractivity contribution in [2.75, 3.05) is 0 Å². The average Bonchev–Trinajstić information content (AvgIpc) is 3.31. The Kier molecular flexibility index (Phi) is 4.18. The van der Waals surface area contributed by atoms with Gasteiger partial charge in [-0.2, -0.15) is 0 Å². The van der Waals surface area contributed by atoms with Crippen LogP contribution in [0.25, 0.3) is 0 Å². The van der Waals surface area contributed by atoms with Gasteiger partial charge in [0.15, 0.2) is 0 Å². The van der Waals surface area contributed by atoms with Crippen molar-refractivity contribution in [1.29, 1.82) is 0 Å². The van der Waals surface area contributed by atoms with Crippen LogP contribution in [-0.4, -0.2) is 16.8 Å². The van der Waals surface area contributed by atoms with Crippen molar-refractivity contribution in [2.24, 2.45) is 0 Å². The predicted octanol–water partition coefficient (Wildman–Crippen LogP) is 3.70. The molecule has 1 aliphatic rings. The number of halogens is 2. The van der Waals surface area contributed by atoms with Gasteiger partial charge in [0.25, 0.3) is 0 Å². The molecule has 22 heavy (non-hydrogen) atoms. The lowest BCUT2D eigenvalue weighted by molar-refractivity contribution is -0.131. The van der Waals surface area contributed by atoms with E-state index in [0.29, 0.717) is 11.1 Å². The number of hydrogen-bond acceptors (Lipinski definition) is 1. The summed E-state index contributed by atoms with van der Waals surface area (Å²) in [5.74, 6) is -0.736. The number of benzene rings is 2. The number of carbonyl (C=O) groups excluding carboxylic acids is 1. The van der Waals surface area contributed by atoms with Crippen LogP contribution in [0.2, 0.25) is 0 Å². The number of rotatable bonds is 5. The SMILES string of the molecule is O=C(Cc1cccc(F)c1)N(Cc1ccccc1F)C1CC1. The highest BCUT2D eigenvalue weighted by molar-refractivity contribution is 5.79. The average molecular weight is 301 g/mol. The Hall–Kier alpha value is -2.23. The van der Waals surface area contributed by atoms with Crippen molar-refractivity contribution in [1.82, 2.24) is 4.90 Å². The third-order valence-corrected chi connectivity index (χ3v) is 3.85. The van der Waals surface area contributed by atoms with Gasteiger partial charge < -0.3 is 4.90 Å². The minimum atomic E-state index is -0.350. The standard InChI is InChI=1S/C18H17F2NO/c19-15-6-3-4-13(10-15)11-18(22)21(16-8-9-16)12-14-5-1-2-7-17(14)20/h1-7,10,16H,8-9,11-12H2. The molecule has 0 bridgehead atoms. The molecule has 1 fully saturated rings. The van der Waals surface area contributed by atoms with E-state index in [-0.39, 0.29) is 36.5 Å². The van der Waals surface area contributed by atoms with E-state index in [1.54, 1.807) is 35.2 Å². The molecule has 0 spiro atoms. The van der Waals surface area contributed by atoms with Gasteiger partial charge in [-0.25, -0.2) is 8.78 Å². The Labute approximate surface area is 128 Å². The van der Waals surface area contributed by atoms with Crippen LogP contribution in [0.4, 0.5) is 8.78 Å².